The van der Waals surface area contributed by atoms with Crippen LogP contribution in [0.2, 0.25) is 0 Å². The van der Waals surface area contributed by atoms with Gasteiger partial charge < -0.3 is 14.5 Å². The molecule has 25 heavy (non-hydrogen) atoms. The lowest BCUT2D eigenvalue weighted by molar-refractivity contribution is -0.0896. The number of hydrogen-bond acceptors (Lipinski definition) is 4. The van der Waals surface area contributed by atoms with Gasteiger partial charge in [-0.3, -0.25) is 9.78 Å². The molecule has 1 amide bonds. The first-order valence-electron chi connectivity index (χ1n) is 9.69. The highest BCUT2D eigenvalue weighted by Gasteiger charge is 2.39. The Morgan fingerprint density at radius 1 is 1.32 bits per heavy atom. The van der Waals surface area contributed by atoms with E-state index in [0.717, 1.165) is 49.4 Å². The average Bonchev–Trinajstić information content (AvgIpc) is 2.65. The Labute approximate surface area is 151 Å². The molecule has 5 nitrogen and oxygen atoms in total. The van der Waals surface area contributed by atoms with E-state index in [1.807, 2.05) is 17.0 Å². The lowest BCUT2D eigenvalue weighted by Crippen LogP contribution is -2.61. The molecule has 2 saturated heterocycles. The zero-order valence-corrected chi connectivity index (χ0v) is 16.0. The van der Waals surface area contributed by atoms with Gasteiger partial charge in [0.2, 0.25) is 0 Å². The summed E-state index contributed by atoms with van der Waals surface area (Å²) >= 11 is 0. The number of carbonyl (C=O) groups is 1. The lowest BCUT2D eigenvalue weighted by atomic mass is 9.97. The normalized spacial score (nSPS) is 24.4. The fourth-order valence-electron chi connectivity index (χ4n) is 3.94. The van der Waals surface area contributed by atoms with Crippen LogP contribution in [0.25, 0.3) is 0 Å². The number of likely N-dealkylation sites (tertiary alicyclic amines) is 1. The molecule has 0 aromatic carbocycles. The van der Waals surface area contributed by atoms with Crippen molar-refractivity contribution in [3.05, 3.63) is 29.1 Å². The number of likely N-dealkylation sites (N-methyl/N-ethyl adjacent to an activating group) is 1. The van der Waals surface area contributed by atoms with Gasteiger partial charge in [-0.05, 0) is 37.4 Å². The van der Waals surface area contributed by atoms with Crippen LogP contribution in [-0.4, -0.2) is 65.6 Å². The van der Waals surface area contributed by atoms with Gasteiger partial charge in [0.05, 0.1) is 30.0 Å². The van der Waals surface area contributed by atoms with Crippen LogP contribution in [0.15, 0.2) is 12.1 Å². The standard InChI is InChI=1S/C20H31N3O2/c1-5-16-15(7-8-17(21-16)14(3)4)20(24)23-11-12-25-19-9-10-22(6-2)13-18(19)23/h7-8,14,18-19H,5-6,9-13H2,1-4H3/t18-,19+/m0/s1. The molecule has 3 heterocycles. The second-order valence-corrected chi connectivity index (χ2v) is 7.40. The monoisotopic (exact) mass is 345 g/mol. The summed E-state index contributed by atoms with van der Waals surface area (Å²) in [7, 11) is 0. The molecule has 0 radical (unpaired) electrons. The van der Waals surface area contributed by atoms with Crippen molar-refractivity contribution in [2.75, 3.05) is 32.8 Å². The number of piperidine rings is 1. The minimum absolute atomic E-state index is 0.121. The summed E-state index contributed by atoms with van der Waals surface area (Å²) in [4.78, 5) is 22.5. The number of nitrogens with zero attached hydrogens (tertiary/aromatic N) is 3. The molecular weight excluding hydrogens is 314 g/mol. The van der Waals surface area contributed by atoms with Crippen molar-refractivity contribution in [3.63, 3.8) is 0 Å². The van der Waals surface area contributed by atoms with E-state index in [-0.39, 0.29) is 18.1 Å². The SMILES string of the molecule is CCc1nc(C(C)C)ccc1C(=O)N1CCO[C@@H]2CCN(CC)C[C@@H]21. The molecule has 138 valence electrons. The maximum absolute atomic E-state index is 13.3. The Kier molecular flexibility index (Phi) is 5.74. The zero-order chi connectivity index (χ0) is 18.0. The van der Waals surface area contributed by atoms with Gasteiger partial charge in [-0.1, -0.05) is 27.7 Å². The quantitative estimate of drug-likeness (QED) is 0.842. The van der Waals surface area contributed by atoms with E-state index < -0.39 is 0 Å². The number of ether oxygens (including phenoxy) is 1. The molecule has 0 saturated carbocycles. The largest absolute Gasteiger partial charge is 0.374 e. The molecule has 2 aliphatic heterocycles. The number of aryl methyl sites for hydroxylation is 1. The van der Waals surface area contributed by atoms with Gasteiger partial charge in [0.15, 0.2) is 0 Å². The summed E-state index contributed by atoms with van der Waals surface area (Å²) in [6.45, 7) is 12.8. The van der Waals surface area contributed by atoms with Crippen LogP contribution in [0.3, 0.4) is 0 Å². The molecule has 1 aromatic heterocycles. The van der Waals surface area contributed by atoms with Gasteiger partial charge in [-0.2, -0.15) is 0 Å². The lowest BCUT2D eigenvalue weighted by Gasteiger charge is -2.47. The van der Waals surface area contributed by atoms with Crippen LogP contribution in [-0.2, 0) is 11.2 Å². The number of rotatable bonds is 4. The van der Waals surface area contributed by atoms with Gasteiger partial charge >= 0.3 is 0 Å². The Hall–Kier alpha value is -1.46. The summed E-state index contributed by atoms with van der Waals surface area (Å²) in [5, 5.41) is 0. The van der Waals surface area contributed by atoms with Crippen molar-refractivity contribution in [1.29, 1.82) is 0 Å². The smallest absolute Gasteiger partial charge is 0.256 e. The molecule has 2 fully saturated rings. The Bertz CT molecular complexity index is 617. The molecule has 1 aromatic rings. The summed E-state index contributed by atoms with van der Waals surface area (Å²) in [5.41, 5.74) is 2.74. The molecule has 0 spiro atoms. The van der Waals surface area contributed by atoms with Crippen molar-refractivity contribution in [2.45, 2.75) is 58.6 Å². The van der Waals surface area contributed by atoms with Gasteiger partial charge in [-0.15, -0.1) is 0 Å². The van der Waals surface area contributed by atoms with Crippen LogP contribution in [0.1, 0.15) is 61.8 Å². The molecule has 0 aliphatic carbocycles. The predicted octanol–water partition coefficient (Wildman–Crippen LogP) is 2.70. The fraction of sp³-hybridized carbons (Fsp3) is 0.700. The third-order valence-corrected chi connectivity index (χ3v) is 5.53. The molecule has 0 bridgehead atoms. The summed E-state index contributed by atoms with van der Waals surface area (Å²) < 4.78 is 5.96. The third kappa shape index (κ3) is 3.72. The molecular formula is C20H31N3O2. The molecule has 5 heteroatoms. The van der Waals surface area contributed by atoms with Crippen LogP contribution in [0.4, 0.5) is 0 Å². The van der Waals surface area contributed by atoms with E-state index >= 15 is 0 Å². The topological polar surface area (TPSA) is 45.7 Å². The molecule has 0 unspecified atom stereocenters. The van der Waals surface area contributed by atoms with E-state index in [2.05, 4.69) is 32.6 Å². The van der Waals surface area contributed by atoms with Crippen LogP contribution in [0.5, 0.6) is 0 Å². The third-order valence-electron chi connectivity index (χ3n) is 5.53. The maximum Gasteiger partial charge on any atom is 0.256 e. The van der Waals surface area contributed by atoms with Crippen LogP contribution in [0, 0.1) is 0 Å². The van der Waals surface area contributed by atoms with Gasteiger partial charge in [0, 0.05) is 25.3 Å². The summed E-state index contributed by atoms with van der Waals surface area (Å²) in [5.74, 6) is 0.495. The van der Waals surface area contributed by atoms with E-state index in [1.54, 1.807) is 0 Å². The number of amides is 1. The van der Waals surface area contributed by atoms with Crippen molar-refractivity contribution in [3.8, 4) is 0 Å². The van der Waals surface area contributed by atoms with Gasteiger partial charge in [0.25, 0.3) is 5.91 Å². The van der Waals surface area contributed by atoms with Crippen molar-refractivity contribution >= 4 is 5.91 Å². The Morgan fingerprint density at radius 2 is 2.12 bits per heavy atom. The number of carbonyl (C=O) groups excluding carboxylic acids is 1. The average molecular weight is 345 g/mol. The second-order valence-electron chi connectivity index (χ2n) is 7.40. The van der Waals surface area contributed by atoms with Crippen LogP contribution >= 0.6 is 0 Å². The highest BCUT2D eigenvalue weighted by molar-refractivity contribution is 5.95. The van der Waals surface area contributed by atoms with Gasteiger partial charge in [-0.25, -0.2) is 0 Å². The van der Waals surface area contributed by atoms with E-state index in [9.17, 15) is 4.79 Å². The summed E-state index contributed by atoms with van der Waals surface area (Å²) in [6.07, 6.45) is 1.96. The highest BCUT2D eigenvalue weighted by Crippen LogP contribution is 2.26. The van der Waals surface area contributed by atoms with E-state index in [4.69, 9.17) is 9.72 Å². The van der Waals surface area contributed by atoms with Crippen molar-refractivity contribution in [1.82, 2.24) is 14.8 Å². The predicted molar refractivity (Wildman–Crippen MR) is 99.0 cm³/mol. The van der Waals surface area contributed by atoms with Crippen LogP contribution < -0.4 is 0 Å². The second kappa shape index (κ2) is 7.83. The number of pyridine rings is 1. The molecule has 2 aliphatic rings. The van der Waals surface area contributed by atoms with Crippen molar-refractivity contribution in [2.24, 2.45) is 0 Å². The minimum atomic E-state index is 0.121. The van der Waals surface area contributed by atoms with Crippen molar-refractivity contribution < 1.29 is 9.53 Å². The first-order chi connectivity index (χ1) is 12.0. The number of morpholine rings is 1. The minimum Gasteiger partial charge on any atom is -0.374 e. The maximum atomic E-state index is 13.3. The highest BCUT2D eigenvalue weighted by atomic mass is 16.5. The first-order valence-corrected chi connectivity index (χ1v) is 9.69. The Balaban J connectivity index is 1.86. The summed E-state index contributed by atoms with van der Waals surface area (Å²) in [6, 6.07) is 4.15. The number of aromatic nitrogens is 1. The Morgan fingerprint density at radius 3 is 2.80 bits per heavy atom. The molecule has 3 rings (SSSR count). The molecule has 2 atom stereocenters. The molecule has 0 N–H and O–H groups in total. The fourth-order valence-corrected chi connectivity index (χ4v) is 3.94. The first kappa shape index (κ1) is 18.3. The number of hydrogen-bond donors (Lipinski definition) is 0. The van der Waals surface area contributed by atoms with E-state index in [1.165, 1.54) is 0 Å². The number of fused-ring (bicyclic) bond motifs is 1. The van der Waals surface area contributed by atoms with E-state index in [0.29, 0.717) is 19.1 Å². The van der Waals surface area contributed by atoms with Gasteiger partial charge in [0.1, 0.15) is 0 Å². The zero-order valence-electron chi connectivity index (χ0n) is 16.0.